The van der Waals surface area contributed by atoms with Crippen LogP contribution < -0.4 is 0 Å². The average Bonchev–Trinajstić information content (AvgIpc) is 2.14. The largest absolute Gasteiger partial charge is 0.484 e. The van der Waals surface area contributed by atoms with Gasteiger partial charge in [-0.2, -0.15) is 0 Å². The van der Waals surface area contributed by atoms with Crippen LogP contribution >= 0.6 is 11.8 Å². The van der Waals surface area contributed by atoms with Crippen LogP contribution in [0.5, 0.6) is 0 Å². The Balaban J connectivity index is 2.50. The zero-order valence-corrected chi connectivity index (χ0v) is 8.03. The van der Waals surface area contributed by atoms with Crippen LogP contribution in [0, 0.1) is 11.2 Å². The van der Waals surface area contributed by atoms with Crippen LogP contribution in [-0.2, 0) is 4.74 Å². The highest BCUT2D eigenvalue weighted by Gasteiger charge is 1.99. The molecular formula is C9H10FNOS. The van der Waals surface area contributed by atoms with E-state index in [1.165, 1.54) is 31.0 Å². The molecule has 0 fully saturated rings. The molecule has 13 heavy (non-hydrogen) atoms. The molecule has 0 spiro atoms. The molecule has 1 aromatic rings. The molecule has 2 nitrogen and oxygen atoms in total. The fourth-order valence-corrected chi connectivity index (χ4v) is 1.55. The molecular weight excluding hydrogens is 189 g/mol. The number of thioether (sulfide) groups is 1. The third kappa shape index (κ3) is 3.46. The second kappa shape index (κ2) is 4.87. The summed E-state index contributed by atoms with van der Waals surface area (Å²) in [5, 5.41) is 7.20. The maximum atomic E-state index is 12.7. The van der Waals surface area contributed by atoms with Gasteiger partial charge in [0.1, 0.15) is 5.82 Å². The van der Waals surface area contributed by atoms with Crippen molar-refractivity contribution in [3.05, 3.63) is 30.1 Å². The van der Waals surface area contributed by atoms with Crippen molar-refractivity contribution in [2.24, 2.45) is 0 Å². The maximum Gasteiger partial charge on any atom is 0.190 e. The van der Waals surface area contributed by atoms with E-state index >= 15 is 0 Å². The molecule has 4 heteroatoms. The Morgan fingerprint density at radius 3 is 3.00 bits per heavy atom. The van der Waals surface area contributed by atoms with Gasteiger partial charge in [-0.25, -0.2) is 4.39 Å². The predicted molar refractivity (Wildman–Crippen MR) is 51.9 cm³/mol. The maximum absolute atomic E-state index is 12.7. The Bertz CT molecular complexity index is 303. The third-order valence-electron chi connectivity index (χ3n) is 1.41. The first-order valence-corrected chi connectivity index (χ1v) is 4.70. The quantitative estimate of drug-likeness (QED) is 0.461. The summed E-state index contributed by atoms with van der Waals surface area (Å²) in [5.41, 5.74) is 0. The molecule has 0 saturated heterocycles. The third-order valence-corrected chi connectivity index (χ3v) is 2.41. The number of ether oxygens (including phenoxy) is 1. The van der Waals surface area contributed by atoms with Gasteiger partial charge in [-0.15, -0.1) is 11.8 Å². The monoisotopic (exact) mass is 199 g/mol. The van der Waals surface area contributed by atoms with Crippen LogP contribution in [0.1, 0.15) is 0 Å². The van der Waals surface area contributed by atoms with Crippen molar-refractivity contribution in [3.63, 3.8) is 0 Å². The van der Waals surface area contributed by atoms with Gasteiger partial charge < -0.3 is 4.74 Å². The number of halogens is 1. The minimum absolute atomic E-state index is 0.189. The number of hydrogen-bond acceptors (Lipinski definition) is 3. The minimum Gasteiger partial charge on any atom is -0.484 e. The molecule has 1 aromatic carbocycles. The second-order valence-corrected chi connectivity index (χ2v) is 3.42. The highest BCUT2D eigenvalue weighted by Crippen LogP contribution is 2.18. The summed E-state index contributed by atoms with van der Waals surface area (Å²) in [6.45, 7) is 0. The lowest BCUT2D eigenvalue weighted by molar-refractivity contribution is 0.397. The van der Waals surface area contributed by atoms with Crippen LogP contribution in [0.25, 0.3) is 0 Å². The summed E-state index contributed by atoms with van der Waals surface area (Å²) in [7, 11) is 1.45. The fraction of sp³-hybridized carbons (Fsp3) is 0.222. The van der Waals surface area contributed by atoms with E-state index < -0.39 is 0 Å². The Hall–Kier alpha value is -1.03. The van der Waals surface area contributed by atoms with Gasteiger partial charge in [-0.05, 0) is 18.2 Å². The van der Waals surface area contributed by atoms with Gasteiger partial charge in [0, 0.05) is 4.90 Å². The number of methoxy groups -OCH3 is 1. The highest BCUT2D eigenvalue weighted by molar-refractivity contribution is 8.00. The molecule has 0 aliphatic heterocycles. The summed E-state index contributed by atoms with van der Waals surface area (Å²) in [5.74, 6) is 0.364. The SMILES string of the molecule is COC(=N)CSc1cccc(F)c1. The Kier molecular flexibility index (Phi) is 3.76. The Morgan fingerprint density at radius 2 is 2.38 bits per heavy atom. The molecule has 0 atom stereocenters. The van der Waals surface area contributed by atoms with Crippen LogP contribution in [0.3, 0.4) is 0 Å². The molecule has 1 rings (SSSR count). The number of benzene rings is 1. The predicted octanol–water partition coefficient (Wildman–Crippen LogP) is 2.54. The van der Waals surface area contributed by atoms with E-state index in [4.69, 9.17) is 5.41 Å². The fourth-order valence-electron chi connectivity index (χ4n) is 0.765. The van der Waals surface area contributed by atoms with Gasteiger partial charge >= 0.3 is 0 Å². The molecule has 0 unspecified atom stereocenters. The number of hydrogen-bond donors (Lipinski definition) is 1. The van der Waals surface area contributed by atoms with Crippen molar-refractivity contribution in [1.29, 1.82) is 5.41 Å². The molecule has 0 aromatic heterocycles. The first kappa shape index (κ1) is 10.1. The first-order chi connectivity index (χ1) is 6.22. The van der Waals surface area contributed by atoms with E-state index in [1.54, 1.807) is 12.1 Å². The molecule has 0 heterocycles. The van der Waals surface area contributed by atoms with Crippen molar-refractivity contribution in [2.45, 2.75) is 4.90 Å². The van der Waals surface area contributed by atoms with Crippen molar-refractivity contribution in [3.8, 4) is 0 Å². The zero-order chi connectivity index (χ0) is 9.68. The van der Waals surface area contributed by atoms with Crippen molar-refractivity contribution in [1.82, 2.24) is 0 Å². The van der Waals surface area contributed by atoms with E-state index in [1.807, 2.05) is 0 Å². The summed E-state index contributed by atoms with van der Waals surface area (Å²) in [6.07, 6.45) is 0. The molecule has 0 aliphatic rings. The van der Waals surface area contributed by atoms with Gasteiger partial charge in [0.15, 0.2) is 5.90 Å². The van der Waals surface area contributed by atoms with E-state index in [0.29, 0.717) is 5.75 Å². The standard InChI is InChI=1S/C9H10FNOS/c1-12-9(11)6-13-8-4-2-3-7(10)5-8/h2-5,11H,6H2,1H3. The lowest BCUT2D eigenvalue weighted by Gasteiger charge is -2.01. The molecule has 0 aliphatic carbocycles. The van der Waals surface area contributed by atoms with Crippen LogP contribution in [0.4, 0.5) is 4.39 Å². The molecule has 0 bridgehead atoms. The Morgan fingerprint density at radius 1 is 1.62 bits per heavy atom. The van der Waals surface area contributed by atoms with E-state index in [9.17, 15) is 4.39 Å². The Labute approximate surface area is 80.6 Å². The van der Waals surface area contributed by atoms with Gasteiger partial charge in [0.05, 0.1) is 12.9 Å². The first-order valence-electron chi connectivity index (χ1n) is 3.72. The van der Waals surface area contributed by atoms with Crippen LogP contribution in [0.15, 0.2) is 29.2 Å². The lowest BCUT2D eigenvalue weighted by atomic mass is 10.4. The smallest absolute Gasteiger partial charge is 0.190 e. The van der Waals surface area contributed by atoms with Crippen molar-refractivity contribution < 1.29 is 9.13 Å². The van der Waals surface area contributed by atoms with Gasteiger partial charge in [0.25, 0.3) is 0 Å². The molecule has 1 N–H and O–H groups in total. The summed E-state index contributed by atoms with van der Waals surface area (Å²) in [4.78, 5) is 0.807. The molecule has 0 saturated carbocycles. The van der Waals surface area contributed by atoms with Crippen LogP contribution in [-0.4, -0.2) is 18.8 Å². The minimum atomic E-state index is -0.256. The topological polar surface area (TPSA) is 33.1 Å². The van der Waals surface area contributed by atoms with Gasteiger partial charge in [-0.3, -0.25) is 5.41 Å². The van der Waals surface area contributed by atoms with Gasteiger partial charge in [0.2, 0.25) is 0 Å². The molecule has 0 amide bonds. The average molecular weight is 199 g/mol. The van der Waals surface area contributed by atoms with E-state index in [0.717, 1.165) is 4.90 Å². The van der Waals surface area contributed by atoms with Crippen molar-refractivity contribution >= 4 is 17.7 Å². The van der Waals surface area contributed by atoms with Gasteiger partial charge in [-0.1, -0.05) is 6.07 Å². The normalized spacial score (nSPS) is 9.69. The van der Waals surface area contributed by atoms with Crippen LogP contribution in [0.2, 0.25) is 0 Å². The number of rotatable bonds is 3. The second-order valence-electron chi connectivity index (χ2n) is 2.37. The summed E-state index contributed by atoms with van der Waals surface area (Å²) >= 11 is 1.38. The summed E-state index contributed by atoms with van der Waals surface area (Å²) < 4.78 is 17.3. The van der Waals surface area contributed by atoms with Crippen molar-refractivity contribution in [2.75, 3.05) is 12.9 Å². The van der Waals surface area contributed by atoms with E-state index in [2.05, 4.69) is 4.74 Å². The highest BCUT2D eigenvalue weighted by atomic mass is 32.2. The molecule has 70 valence electrons. The zero-order valence-electron chi connectivity index (χ0n) is 7.21. The molecule has 0 radical (unpaired) electrons. The number of nitrogens with one attached hydrogen (secondary N) is 1. The van der Waals surface area contributed by atoms with E-state index in [-0.39, 0.29) is 11.7 Å². The summed E-state index contributed by atoms with van der Waals surface area (Å²) in [6, 6.07) is 6.28. The lowest BCUT2D eigenvalue weighted by Crippen LogP contribution is -2.01.